The van der Waals surface area contributed by atoms with Gasteiger partial charge in [0.1, 0.15) is 17.4 Å². The van der Waals surface area contributed by atoms with Crippen molar-refractivity contribution in [2.75, 3.05) is 19.6 Å². The predicted molar refractivity (Wildman–Crippen MR) is 97.2 cm³/mol. The summed E-state index contributed by atoms with van der Waals surface area (Å²) in [5.74, 6) is -2.31. The molecule has 2 N–H and O–H groups in total. The highest BCUT2D eigenvalue weighted by Gasteiger charge is 2.32. The molecule has 144 valence electrons. The van der Waals surface area contributed by atoms with Gasteiger partial charge in [0.2, 0.25) is 5.92 Å². The summed E-state index contributed by atoms with van der Waals surface area (Å²) in [6, 6.07) is 3.26. The fraction of sp³-hybridized carbons (Fsp3) is 0.500. The zero-order valence-electron chi connectivity index (χ0n) is 15.0. The second-order valence-electron chi connectivity index (χ2n) is 7.13. The van der Waals surface area contributed by atoms with Crippen molar-refractivity contribution >= 4 is 22.6 Å². The lowest BCUT2D eigenvalue weighted by atomic mass is 10.0. The van der Waals surface area contributed by atoms with E-state index >= 15 is 0 Å². The van der Waals surface area contributed by atoms with Crippen LogP contribution in [0.4, 0.5) is 13.2 Å². The van der Waals surface area contributed by atoms with Crippen LogP contribution in [0.5, 0.6) is 0 Å². The van der Waals surface area contributed by atoms with Gasteiger partial charge in [0.25, 0.3) is 0 Å². The van der Waals surface area contributed by atoms with Crippen molar-refractivity contribution in [1.82, 2.24) is 25.4 Å². The number of fused-ring (bicyclic) bond motifs is 1. The fourth-order valence-electron chi connectivity index (χ4n) is 3.67. The quantitative estimate of drug-likeness (QED) is 0.861. The Hall–Kier alpha value is -2.42. The maximum absolute atomic E-state index is 14.6. The first-order valence-corrected chi connectivity index (χ1v) is 9.02. The van der Waals surface area contributed by atoms with Gasteiger partial charge >= 0.3 is 0 Å². The molecule has 2 aliphatic rings. The number of aromatic amines is 1. The fourth-order valence-corrected chi connectivity index (χ4v) is 3.67. The van der Waals surface area contributed by atoms with Gasteiger partial charge in [-0.25, -0.2) is 23.1 Å². The number of piperazine rings is 1. The minimum atomic E-state index is -2.73. The Balaban J connectivity index is 1.60. The van der Waals surface area contributed by atoms with Gasteiger partial charge in [0.15, 0.2) is 5.65 Å². The minimum absolute atomic E-state index is 0.225. The molecule has 1 fully saturated rings. The van der Waals surface area contributed by atoms with Crippen molar-refractivity contribution in [3.05, 3.63) is 29.9 Å². The molecule has 0 aliphatic carbocycles. The third-order valence-corrected chi connectivity index (χ3v) is 4.86. The van der Waals surface area contributed by atoms with E-state index in [1.807, 2.05) is 11.0 Å². The summed E-state index contributed by atoms with van der Waals surface area (Å²) in [6.45, 7) is 2.62. The van der Waals surface area contributed by atoms with E-state index < -0.39 is 5.92 Å². The first-order valence-electron chi connectivity index (χ1n) is 9.02. The smallest absolute Gasteiger partial charge is 0.247 e. The molecule has 0 bridgehead atoms. The standard InChI is InChI=1S/C18H21F3N6/c1-18(20,21)9-11-10-27(8-7-22-11)14-5-4-13(19)16(24-14)15-12-3-2-6-23-17(12)26-25-15/h2-3,6,11,22H,4-5,7-10H2,1H3,(H,23,25,26). The first-order chi connectivity index (χ1) is 12.9. The Bertz CT molecular complexity index is 898. The molecule has 1 atom stereocenters. The SMILES string of the molecule is CC(F)(F)CC1CN(C2=NC(c3[nH]nc4ncccc34)=C(F)CC2)CCN1. The van der Waals surface area contributed by atoms with Gasteiger partial charge < -0.3 is 10.2 Å². The molecule has 2 aromatic heterocycles. The summed E-state index contributed by atoms with van der Waals surface area (Å²) in [4.78, 5) is 10.7. The van der Waals surface area contributed by atoms with Gasteiger partial charge in [0.05, 0.1) is 5.69 Å². The summed E-state index contributed by atoms with van der Waals surface area (Å²) < 4.78 is 41.3. The van der Waals surface area contributed by atoms with Gasteiger partial charge in [-0.1, -0.05) is 0 Å². The molecule has 1 unspecified atom stereocenters. The predicted octanol–water partition coefficient (Wildman–Crippen LogP) is 3.11. The Kier molecular flexibility index (Phi) is 4.63. The molecule has 0 aromatic carbocycles. The van der Waals surface area contributed by atoms with E-state index in [0.29, 0.717) is 42.8 Å². The van der Waals surface area contributed by atoms with Crippen molar-refractivity contribution in [3.8, 4) is 0 Å². The number of alkyl halides is 2. The molecule has 0 saturated carbocycles. The number of H-pyrrole nitrogens is 1. The van der Waals surface area contributed by atoms with E-state index in [1.165, 1.54) is 0 Å². The average Bonchev–Trinajstić information content (AvgIpc) is 3.05. The number of nitrogens with zero attached hydrogens (tertiary/aromatic N) is 4. The molecule has 2 aromatic rings. The van der Waals surface area contributed by atoms with E-state index in [4.69, 9.17) is 0 Å². The number of aromatic nitrogens is 3. The minimum Gasteiger partial charge on any atom is -0.357 e. The molecule has 2 aliphatic heterocycles. The van der Waals surface area contributed by atoms with E-state index in [9.17, 15) is 13.2 Å². The Morgan fingerprint density at radius 1 is 1.33 bits per heavy atom. The summed E-state index contributed by atoms with van der Waals surface area (Å²) in [5.41, 5.74) is 1.23. The van der Waals surface area contributed by atoms with Crippen LogP contribution in [0.2, 0.25) is 0 Å². The number of pyridine rings is 1. The van der Waals surface area contributed by atoms with Crippen LogP contribution in [0.3, 0.4) is 0 Å². The third-order valence-electron chi connectivity index (χ3n) is 4.86. The number of hydrogen-bond donors (Lipinski definition) is 2. The lowest BCUT2D eigenvalue weighted by Crippen LogP contribution is -2.54. The molecular formula is C18H21F3N6. The molecule has 9 heteroatoms. The molecule has 4 heterocycles. The molecule has 4 rings (SSSR count). The van der Waals surface area contributed by atoms with Crippen molar-refractivity contribution < 1.29 is 13.2 Å². The number of nitrogens with one attached hydrogen (secondary N) is 2. The van der Waals surface area contributed by atoms with Crippen molar-refractivity contribution in [1.29, 1.82) is 0 Å². The average molecular weight is 378 g/mol. The Morgan fingerprint density at radius 2 is 2.19 bits per heavy atom. The maximum Gasteiger partial charge on any atom is 0.247 e. The monoisotopic (exact) mass is 378 g/mol. The van der Waals surface area contributed by atoms with Crippen LogP contribution < -0.4 is 5.32 Å². The number of rotatable bonds is 3. The third kappa shape index (κ3) is 3.83. The second-order valence-corrected chi connectivity index (χ2v) is 7.13. The maximum atomic E-state index is 14.6. The van der Waals surface area contributed by atoms with Crippen LogP contribution in [0.25, 0.3) is 16.7 Å². The molecule has 0 amide bonds. The molecule has 6 nitrogen and oxygen atoms in total. The van der Waals surface area contributed by atoms with Gasteiger partial charge in [-0.05, 0) is 19.1 Å². The second kappa shape index (κ2) is 6.95. The molecule has 0 spiro atoms. The van der Waals surface area contributed by atoms with Gasteiger partial charge in [-0.3, -0.25) is 5.10 Å². The van der Waals surface area contributed by atoms with Crippen LogP contribution in [0.1, 0.15) is 31.9 Å². The lowest BCUT2D eigenvalue weighted by molar-refractivity contribution is -0.00193. The topological polar surface area (TPSA) is 69.2 Å². The summed E-state index contributed by atoms with van der Waals surface area (Å²) >= 11 is 0. The van der Waals surface area contributed by atoms with Crippen LogP contribution in [-0.2, 0) is 0 Å². The van der Waals surface area contributed by atoms with Gasteiger partial charge in [-0.2, -0.15) is 5.10 Å². The zero-order chi connectivity index (χ0) is 19.0. The number of amidine groups is 1. The highest BCUT2D eigenvalue weighted by molar-refractivity contribution is 5.95. The first kappa shape index (κ1) is 18.0. The van der Waals surface area contributed by atoms with E-state index in [-0.39, 0.29) is 30.4 Å². The highest BCUT2D eigenvalue weighted by atomic mass is 19.3. The molecule has 27 heavy (non-hydrogen) atoms. The molecule has 0 radical (unpaired) electrons. The number of halogens is 3. The van der Waals surface area contributed by atoms with Crippen molar-refractivity contribution in [2.24, 2.45) is 4.99 Å². The number of hydrogen-bond acceptors (Lipinski definition) is 5. The highest BCUT2D eigenvalue weighted by Crippen LogP contribution is 2.32. The Morgan fingerprint density at radius 3 is 3.00 bits per heavy atom. The Labute approximate surface area is 154 Å². The van der Waals surface area contributed by atoms with Crippen LogP contribution in [0.15, 0.2) is 29.1 Å². The largest absolute Gasteiger partial charge is 0.357 e. The van der Waals surface area contributed by atoms with Crippen LogP contribution in [-0.4, -0.2) is 57.5 Å². The van der Waals surface area contributed by atoms with Gasteiger partial charge in [0, 0.05) is 56.5 Å². The molecular weight excluding hydrogens is 357 g/mol. The van der Waals surface area contributed by atoms with E-state index in [1.54, 1.807) is 12.3 Å². The van der Waals surface area contributed by atoms with Crippen molar-refractivity contribution in [3.63, 3.8) is 0 Å². The summed E-state index contributed by atoms with van der Waals surface area (Å²) in [5, 5.41) is 10.8. The summed E-state index contributed by atoms with van der Waals surface area (Å²) in [7, 11) is 0. The number of allylic oxidation sites excluding steroid dienone is 1. The van der Waals surface area contributed by atoms with E-state index in [0.717, 1.165) is 12.8 Å². The van der Waals surface area contributed by atoms with Crippen LogP contribution >= 0.6 is 0 Å². The van der Waals surface area contributed by atoms with E-state index in [2.05, 4.69) is 25.5 Å². The summed E-state index contributed by atoms with van der Waals surface area (Å²) in [6.07, 6.45) is 2.07. The molecule has 1 saturated heterocycles. The number of aliphatic imine (C=N–C) groups is 1. The van der Waals surface area contributed by atoms with Crippen LogP contribution in [0, 0.1) is 0 Å². The normalized spacial score (nSPS) is 21.7. The van der Waals surface area contributed by atoms with Crippen molar-refractivity contribution in [2.45, 2.75) is 38.2 Å². The lowest BCUT2D eigenvalue weighted by Gasteiger charge is -2.37. The van der Waals surface area contributed by atoms with Gasteiger partial charge in [-0.15, -0.1) is 0 Å². The zero-order valence-corrected chi connectivity index (χ0v) is 15.0.